The Morgan fingerprint density at radius 2 is 1.88 bits per heavy atom. The highest BCUT2D eigenvalue weighted by atomic mass is 14.0. The molecule has 0 N–H and O–H groups in total. The van der Waals surface area contributed by atoms with Gasteiger partial charge in [-0.15, -0.1) is 0 Å². The Morgan fingerprint density at radius 3 is 2.75 bits per heavy atom. The normalized spacial score (nSPS) is 11.1. The summed E-state index contributed by atoms with van der Waals surface area (Å²) >= 11 is 0. The average Bonchev–Trinajstić information content (AvgIpc) is 2.38. The largest absolute Gasteiger partial charge is 0.0616 e. The van der Waals surface area contributed by atoms with Crippen molar-refractivity contribution in [3.05, 3.63) is 60.2 Å². The fourth-order valence-corrected chi connectivity index (χ4v) is 2.19. The van der Waals surface area contributed by atoms with Crippen LogP contribution in [0.2, 0.25) is 0 Å². The molecule has 0 aliphatic carbocycles. The van der Waals surface area contributed by atoms with Crippen LogP contribution in [0, 0.1) is 6.07 Å². The minimum atomic E-state index is 1.08. The maximum Gasteiger partial charge on any atom is -0.00925 e. The van der Waals surface area contributed by atoms with Gasteiger partial charge in [0.2, 0.25) is 0 Å². The van der Waals surface area contributed by atoms with Crippen molar-refractivity contribution in [2.45, 2.75) is 13.3 Å². The quantitative estimate of drug-likeness (QED) is 0.518. The zero-order valence-corrected chi connectivity index (χ0v) is 9.33. The van der Waals surface area contributed by atoms with Crippen LogP contribution in [0.25, 0.3) is 21.5 Å². The first-order valence-electron chi connectivity index (χ1n) is 5.70. The van der Waals surface area contributed by atoms with Crippen molar-refractivity contribution in [2.75, 3.05) is 0 Å². The summed E-state index contributed by atoms with van der Waals surface area (Å²) in [6.45, 7) is 2.18. The maximum absolute atomic E-state index is 3.37. The van der Waals surface area contributed by atoms with Crippen LogP contribution < -0.4 is 0 Å². The predicted molar refractivity (Wildman–Crippen MR) is 69.7 cm³/mol. The molecule has 0 spiro atoms. The molecule has 0 aliphatic rings. The fraction of sp³-hybridized carbons (Fsp3) is 0.125. The van der Waals surface area contributed by atoms with E-state index in [1.54, 1.807) is 0 Å². The predicted octanol–water partition coefficient (Wildman–Crippen LogP) is 4.36. The van der Waals surface area contributed by atoms with Gasteiger partial charge in [-0.1, -0.05) is 49.4 Å². The van der Waals surface area contributed by atoms with Gasteiger partial charge in [0.15, 0.2) is 0 Å². The molecule has 0 aliphatic heterocycles. The van der Waals surface area contributed by atoms with Gasteiger partial charge in [0.1, 0.15) is 0 Å². The lowest BCUT2D eigenvalue weighted by molar-refractivity contribution is 1.15. The number of rotatable bonds is 1. The Morgan fingerprint density at radius 1 is 1.00 bits per heavy atom. The standard InChI is InChI=1S/C16H13/c1-2-12-7-10-16-14(11-12)9-8-13-5-3-4-6-15(13)16/h3-8,10-11H,2H2,1H3. The Bertz CT molecular complexity index is 650. The summed E-state index contributed by atoms with van der Waals surface area (Å²) in [6.07, 6.45) is 1.08. The third-order valence-electron chi connectivity index (χ3n) is 3.13. The third kappa shape index (κ3) is 1.38. The number of hydrogen-bond acceptors (Lipinski definition) is 0. The Hall–Kier alpha value is -1.82. The van der Waals surface area contributed by atoms with Gasteiger partial charge < -0.3 is 0 Å². The molecule has 0 aromatic heterocycles. The second-order valence-electron chi connectivity index (χ2n) is 4.11. The lowest BCUT2D eigenvalue weighted by atomic mass is 10.00. The summed E-state index contributed by atoms with van der Waals surface area (Å²) in [6, 6.07) is 20.6. The van der Waals surface area contributed by atoms with Gasteiger partial charge in [0, 0.05) is 0 Å². The highest BCUT2D eigenvalue weighted by molar-refractivity contribution is 6.07. The van der Waals surface area contributed by atoms with Crippen LogP contribution in [-0.2, 0) is 6.42 Å². The van der Waals surface area contributed by atoms with Crippen LogP contribution in [0.3, 0.4) is 0 Å². The zero-order valence-electron chi connectivity index (χ0n) is 9.33. The first-order chi connectivity index (χ1) is 7.88. The molecule has 0 fully saturated rings. The van der Waals surface area contributed by atoms with Crippen molar-refractivity contribution >= 4 is 21.5 Å². The van der Waals surface area contributed by atoms with E-state index in [0.717, 1.165) is 6.42 Å². The van der Waals surface area contributed by atoms with Gasteiger partial charge in [-0.3, -0.25) is 0 Å². The van der Waals surface area contributed by atoms with E-state index in [2.05, 4.69) is 61.5 Å². The van der Waals surface area contributed by atoms with E-state index in [1.165, 1.54) is 27.1 Å². The van der Waals surface area contributed by atoms with Crippen LogP contribution in [0.5, 0.6) is 0 Å². The molecule has 0 saturated heterocycles. The van der Waals surface area contributed by atoms with E-state index < -0.39 is 0 Å². The molecule has 0 atom stereocenters. The highest BCUT2D eigenvalue weighted by Crippen LogP contribution is 2.25. The molecule has 0 saturated carbocycles. The van der Waals surface area contributed by atoms with Gasteiger partial charge in [0.05, 0.1) is 0 Å². The van der Waals surface area contributed by atoms with Crippen LogP contribution in [0.4, 0.5) is 0 Å². The molecule has 0 amide bonds. The summed E-state index contributed by atoms with van der Waals surface area (Å²) in [4.78, 5) is 0. The summed E-state index contributed by atoms with van der Waals surface area (Å²) in [5.74, 6) is 0. The van der Waals surface area contributed by atoms with Gasteiger partial charge in [-0.2, -0.15) is 0 Å². The highest BCUT2D eigenvalue weighted by Gasteiger charge is 2.00. The van der Waals surface area contributed by atoms with Crippen molar-refractivity contribution in [3.63, 3.8) is 0 Å². The lowest BCUT2D eigenvalue weighted by Crippen LogP contribution is -1.82. The molecule has 0 unspecified atom stereocenters. The molecule has 0 heterocycles. The summed E-state index contributed by atoms with van der Waals surface area (Å²) in [5.41, 5.74) is 1.37. The summed E-state index contributed by atoms with van der Waals surface area (Å²) in [7, 11) is 0. The maximum atomic E-state index is 3.37. The van der Waals surface area contributed by atoms with Crippen molar-refractivity contribution in [3.8, 4) is 0 Å². The van der Waals surface area contributed by atoms with Crippen LogP contribution in [-0.4, -0.2) is 0 Å². The second kappa shape index (κ2) is 3.64. The van der Waals surface area contributed by atoms with E-state index in [9.17, 15) is 0 Å². The molecular formula is C16H13. The number of aryl methyl sites for hydroxylation is 1. The number of benzene rings is 3. The van der Waals surface area contributed by atoms with Crippen LogP contribution in [0.15, 0.2) is 48.5 Å². The van der Waals surface area contributed by atoms with E-state index in [4.69, 9.17) is 0 Å². The van der Waals surface area contributed by atoms with E-state index in [-0.39, 0.29) is 0 Å². The first kappa shape index (κ1) is 9.41. The summed E-state index contributed by atoms with van der Waals surface area (Å²) in [5, 5.41) is 5.10. The monoisotopic (exact) mass is 205 g/mol. The molecular weight excluding hydrogens is 192 g/mol. The van der Waals surface area contributed by atoms with Crippen molar-refractivity contribution in [2.24, 2.45) is 0 Å². The second-order valence-corrected chi connectivity index (χ2v) is 4.11. The molecule has 16 heavy (non-hydrogen) atoms. The molecule has 3 aromatic rings. The van der Waals surface area contributed by atoms with Gasteiger partial charge in [0.25, 0.3) is 0 Å². The fourth-order valence-electron chi connectivity index (χ4n) is 2.19. The Kier molecular flexibility index (Phi) is 2.14. The Labute approximate surface area is 95.5 Å². The minimum Gasteiger partial charge on any atom is -0.0616 e. The van der Waals surface area contributed by atoms with E-state index in [1.807, 2.05) is 0 Å². The topological polar surface area (TPSA) is 0 Å². The van der Waals surface area contributed by atoms with Crippen molar-refractivity contribution in [1.29, 1.82) is 0 Å². The third-order valence-corrected chi connectivity index (χ3v) is 3.13. The van der Waals surface area contributed by atoms with E-state index in [0.29, 0.717) is 0 Å². The molecule has 1 radical (unpaired) electrons. The molecule has 0 nitrogen and oxygen atoms in total. The molecule has 3 rings (SSSR count). The van der Waals surface area contributed by atoms with Gasteiger partial charge in [-0.25, -0.2) is 0 Å². The SMILES string of the molecule is CCc1ccc2c([c]cc3ccccc32)c1. The first-order valence-corrected chi connectivity index (χ1v) is 5.70. The van der Waals surface area contributed by atoms with Crippen LogP contribution in [0.1, 0.15) is 12.5 Å². The minimum absolute atomic E-state index is 1.08. The zero-order chi connectivity index (χ0) is 11.0. The van der Waals surface area contributed by atoms with Gasteiger partial charge >= 0.3 is 0 Å². The lowest BCUT2D eigenvalue weighted by Gasteiger charge is -2.04. The number of hydrogen-bond donors (Lipinski definition) is 0. The van der Waals surface area contributed by atoms with Crippen LogP contribution >= 0.6 is 0 Å². The molecule has 77 valence electrons. The van der Waals surface area contributed by atoms with Gasteiger partial charge in [-0.05, 0) is 45.7 Å². The van der Waals surface area contributed by atoms with E-state index >= 15 is 0 Å². The molecule has 0 bridgehead atoms. The Balaban J connectivity index is 2.43. The molecule has 0 heteroatoms. The number of fused-ring (bicyclic) bond motifs is 3. The smallest absolute Gasteiger partial charge is 0.00925 e. The summed E-state index contributed by atoms with van der Waals surface area (Å²) < 4.78 is 0. The van der Waals surface area contributed by atoms with Crippen molar-refractivity contribution in [1.82, 2.24) is 0 Å². The average molecular weight is 205 g/mol. The van der Waals surface area contributed by atoms with Crippen molar-refractivity contribution < 1.29 is 0 Å². The molecule has 3 aromatic carbocycles.